The van der Waals surface area contributed by atoms with Gasteiger partial charge in [0.25, 0.3) is 0 Å². The second-order valence-corrected chi connectivity index (χ2v) is 3.81. The van der Waals surface area contributed by atoms with Gasteiger partial charge in [0, 0.05) is 0 Å². The van der Waals surface area contributed by atoms with Gasteiger partial charge in [0.15, 0.2) is 0 Å². The highest BCUT2D eigenvalue weighted by molar-refractivity contribution is 5.74. The second kappa shape index (κ2) is 4.92. The van der Waals surface area contributed by atoms with Crippen LogP contribution in [0.4, 0.5) is 0 Å². The van der Waals surface area contributed by atoms with E-state index in [-0.39, 0.29) is 12.5 Å². The van der Waals surface area contributed by atoms with Crippen molar-refractivity contribution < 1.29 is 9.53 Å². The summed E-state index contributed by atoms with van der Waals surface area (Å²) in [6.07, 6.45) is 0. The summed E-state index contributed by atoms with van der Waals surface area (Å²) < 4.78 is 6.35. The van der Waals surface area contributed by atoms with Gasteiger partial charge < -0.3 is 4.74 Å². The molecule has 0 aliphatic rings. The molecule has 6 nitrogen and oxygen atoms in total. The molecule has 6 heteroatoms. The van der Waals surface area contributed by atoms with Crippen LogP contribution >= 0.6 is 0 Å². The van der Waals surface area contributed by atoms with Crippen molar-refractivity contribution in [1.29, 1.82) is 0 Å². The minimum Gasteiger partial charge on any atom is -0.468 e. The number of carbonyl (C=O) groups is 1. The van der Waals surface area contributed by atoms with Crippen molar-refractivity contribution in [3.05, 3.63) is 24.3 Å². The topological polar surface area (TPSA) is 60.2 Å². The minimum absolute atomic E-state index is 0.227. The molecule has 0 saturated heterocycles. The van der Waals surface area contributed by atoms with E-state index in [1.165, 1.54) is 7.11 Å². The predicted octanol–water partition coefficient (Wildman–Crippen LogP) is 0.494. The maximum absolute atomic E-state index is 11.1. The van der Waals surface area contributed by atoms with Crippen LogP contribution in [0.25, 0.3) is 11.0 Å². The summed E-state index contributed by atoms with van der Waals surface area (Å²) in [4.78, 5) is 12.9. The Bertz CT molecular complexity index is 523. The third kappa shape index (κ3) is 2.59. The number of aromatic nitrogens is 3. The van der Waals surface area contributed by atoms with Crippen molar-refractivity contribution in [3.8, 4) is 0 Å². The average Bonchev–Trinajstić information content (AvgIpc) is 2.72. The summed E-state index contributed by atoms with van der Waals surface area (Å²) in [5.74, 6) is -0.267. The van der Waals surface area contributed by atoms with Crippen LogP contribution in [0, 0.1) is 0 Å². The summed E-state index contributed by atoms with van der Waals surface area (Å²) >= 11 is 0. The molecule has 90 valence electrons. The Hall–Kier alpha value is -1.95. The van der Waals surface area contributed by atoms with Gasteiger partial charge >= 0.3 is 5.97 Å². The maximum atomic E-state index is 11.1. The highest BCUT2D eigenvalue weighted by atomic mass is 16.5. The molecule has 0 spiro atoms. The number of esters is 1. The van der Waals surface area contributed by atoms with Gasteiger partial charge in [0.1, 0.15) is 5.52 Å². The molecule has 1 heterocycles. The van der Waals surface area contributed by atoms with Crippen molar-refractivity contribution in [3.63, 3.8) is 0 Å². The van der Waals surface area contributed by atoms with Gasteiger partial charge in [0.2, 0.25) is 0 Å². The zero-order valence-corrected chi connectivity index (χ0v) is 9.83. The van der Waals surface area contributed by atoms with Crippen molar-refractivity contribution in [2.24, 2.45) is 0 Å². The summed E-state index contributed by atoms with van der Waals surface area (Å²) in [7, 11) is 3.20. The van der Waals surface area contributed by atoms with Gasteiger partial charge in [-0.15, -0.1) is 5.10 Å². The first-order valence-corrected chi connectivity index (χ1v) is 5.24. The number of hydrogen-bond acceptors (Lipinski definition) is 5. The Morgan fingerprint density at radius 1 is 1.47 bits per heavy atom. The fraction of sp³-hybridized carbons (Fsp3) is 0.364. The molecule has 0 atom stereocenters. The van der Waals surface area contributed by atoms with E-state index in [1.807, 2.05) is 36.2 Å². The van der Waals surface area contributed by atoms with Gasteiger partial charge in [-0.3, -0.25) is 9.69 Å². The van der Waals surface area contributed by atoms with Gasteiger partial charge in [0.05, 0.1) is 25.8 Å². The Kier molecular flexibility index (Phi) is 3.34. The number of nitrogens with zero attached hydrogens (tertiary/aromatic N) is 4. The quantitative estimate of drug-likeness (QED) is 0.721. The number of rotatable bonds is 4. The molecule has 0 fully saturated rings. The van der Waals surface area contributed by atoms with Crippen LogP contribution in [-0.2, 0) is 16.2 Å². The van der Waals surface area contributed by atoms with Crippen molar-refractivity contribution in [2.75, 3.05) is 20.7 Å². The maximum Gasteiger partial charge on any atom is 0.319 e. The molecule has 2 rings (SSSR count). The molecular formula is C11H14N4O2. The molecule has 0 aliphatic carbocycles. The fourth-order valence-electron chi connectivity index (χ4n) is 1.59. The first-order valence-electron chi connectivity index (χ1n) is 5.24. The van der Waals surface area contributed by atoms with Crippen molar-refractivity contribution in [1.82, 2.24) is 19.9 Å². The van der Waals surface area contributed by atoms with E-state index in [2.05, 4.69) is 15.0 Å². The largest absolute Gasteiger partial charge is 0.468 e. The Morgan fingerprint density at radius 2 is 2.24 bits per heavy atom. The first-order chi connectivity index (χ1) is 8.20. The summed E-state index contributed by atoms with van der Waals surface area (Å²) in [5.41, 5.74) is 1.79. The van der Waals surface area contributed by atoms with Crippen molar-refractivity contribution >= 4 is 17.0 Å². The number of methoxy groups -OCH3 is 1. The van der Waals surface area contributed by atoms with Crippen LogP contribution in [0.2, 0.25) is 0 Å². The molecule has 0 N–H and O–H groups in total. The van der Waals surface area contributed by atoms with Crippen molar-refractivity contribution in [2.45, 2.75) is 6.67 Å². The normalized spacial score (nSPS) is 11.0. The lowest BCUT2D eigenvalue weighted by Crippen LogP contribution is -2.29. The van der Waals surface area contributed by atoms with Crippen LogP contribution in [0.5, 0.6) is 0 Å². The summed E-state index contributed by atoms with van der Waals surface area (Å²) in [5, 5.41) is 8.08. The number of fused-ring (bicyclic) bond motifs is 1. The summed E-state index contributed by atoms with van der Waals surface area (Å²) in [6, 6.07) is 7.70. The van der Waals surface area contributed by atoms with E-state index in [0.29, 0.717) is 6.67 Å². The molecule has 1 aromatic heterocycles. The number of hydrogen-bond donors (Lipinski definition) is 0. The van der Waals surface area contributed by atoms with E-state index in [4.69, 9.17) is 0 Å². The zero-order chi connectivity index (χ0) is 12.3. The Balaban J connectivity index is 2.10. The molecule has 0 bridgehead atoms. The molecule has 0 radical (unpaired) electrons. The van der Waals surface area contributed by atoms with Crippen LogP contribution < -0.4 is 0 Å². The average molecular weight is 234 g/mol. The van der Waals surface area contributed by atoms with Gasteiger partial charge in [-0.1, -0.05) is 17.3 Å². The van der Waals surface area contributed by atoms with E-state index in [1.54, 1.807) is 4.68 Å². The number of benzene rings is 1. The molecule has 1 aromatic carbocycles. The Labute approximate surface area is 98.8 Å². The number of para-hydroxylation sites is 1. The molecule has 0 saturated carbocycles. The van der Waals surface area contributed by atoms with Gasteiger partial charge in [-0.2, -0.15) is 0 Å². The van der Waals surface area contributed by atoms with Crippen LogP contribution in [-0.4, -0.2) is 46.6 Å². The lowest BCUT2D eigenvalue weighted by Gasteiger charge is -2.14. The van der Waals surface area contributed by atoms with E-state index >= 15 is 0 Å². The number of ether oxygens (including phenoxy) is 1. The minimum atomic E-state index is -0.267. The molecule has 0 aliphatic heterocycles. The SMILES string of the molecule is COC(=O)CN(C)Cn1nnc2ccccc21. The smallest absolute Gasteiger partial charge is 0.319 e. The first kappa shape index (κ1) is 11.5. The van der Waals surface area contributed by atoms with Gasteiger partial charge in [-0.05, 0) is 19.2 Å². The van der Waals surface area contributed by atoms with E-state index in [0.717, 1.165) is 11.0 Å². The molecule has 0 unspecified atom stereocenters. The standard InChI is InChI=1S/C11H14N4O2/c1-14(7-11(16)17-2)8-15-10-6-4-3-5-9(10)12-13-15/h3-6H,7-8H2,1-2H3. The molecule has 0 amide bonds. The summed E-state index contributed by atoms with van der Waals surface area (Å²) in [6.45, 7) is 0.723. The number of likely N-dealkylation sites (N-methyl/N-ethyl adjacent to an activating group) is 1. The van der Waals surface area contributed by atoms with Crippen LogP contribution in [0.1, 0.15) is 0 Å². The second-order valence-electron chi connectivity index (χ2n) is 3.81. The lowest BCUT2D eigenvalue weighted by atomic mass is 10.3. The monoisotopic (exact) mass is 234 g/mol. The third-order valence-corrected chi connectivity index (χ3v) is 2.42. The van der Waals surface area contributed by atoms with E-state index < -0.39 is 0 Å². The zero-order valence-electron chi connectivity index (χ0n) is 9.83. The number of carbonyl (C=O) groups excluding carboxylic acids is 1. The Morgan fingerprint density at radius 3 is 3.00 bits per heavy atom. The van der Waals surface area contributed by atoms with Crippen LogP contribution in [0.15, 0.2) is 24.3 Å². The van der Waals surface area contributed by atoms with Gasteiger partial charge in [-0.25, -0.2) is 4.68 Å². The molecule has 17 heavy (non-hydrogen) atoms. The highest BCUT2D eigenvalue weighted by Gasteiger charge is 2.09. The predicted molar refractivity (Wildman–Crippen MR) is 62.2 cm³/mol. The fourth-order valence-corrected chi connectivity index (χ4v) is 1.59. The van der Waals surface area contributed by atoms with E-state index in [9.17, 15) is 4.79 Å². The lowest BCUT2D eigenvalue weighted by molar-refractivity contribution is -0.141. The highest BCUT2D eigenvalue weighted by Crippen LogP contribution is 2.09. The molecular weight excluding hydrogens is 220 g/mol. The molecule has 2 aromatic rings. The van der Waals surface area contributed by atoms with Crippen LogP contribution in [0.3, 0.4) is 0 Å². The third-order valence-electron chi connectivity index (χ3n) is 2.42.